The Hall–Kier alpha value is -1.08. The minimum Gasteiger partial charge on any atom is -0.291 e. The van der Waals surface area contributed by atoms with Crippen LogP contribution in [0.3, 0.4) is 0 Å². The van der Waals surface area contributed by atoms with E-state index < -0.39 is 0 Å². The Kier molecular flexibility index (Phi) is 2.05. The van der Waals surface area contributed by atoms with Crippen LogP contribution in [0.4, 0.5) is 0 Å². The van der Waals surface area contributed by atoms with E-state index in [0.717, 1.165) is 30.8 Å². The summed E-state index contributed by atoms with van der Waals surface area (Å²) in [5.74, 6) is 0. The lowest BCUT2D eigenvalue weighted by Gasteiger charge is -2.15. The van der Waals surface area contributed by atoms with Crippen LogP contribution >= 0.6 is 0 Å². The average Bonchev–Trinajstić information content (AvgIpc) is 2.72. The first-order chi connectivity index (χ1) is 7.83. The van der Waals surface area contributed by atoms with Crippen LogP contribution in [-0.2, 0) is 6.54 Å². The molecule has 0 fully saturated rings. The summed E-state index contributed by atoms with van der Waals surface area (Å²) < 4.78 is 14.9. The van der Waals surface area contributed by atoms with Crippen molar-refractivity contribution in [2.24, 2.45) is 0 Å². The molecule has 2 rings (SSSR count). The topological polar surface area (TPSA) is 3.24 Å². The molecule has 0 spiro atoms. The smallest absolute Gasteiger partial charge is 0.0277 e. The van der Waals surface area contributed by atoms with Crippen molar-refractivity contribution in [2.45, 2.75) is 20.3 Å². The van der Waals surface area contributed by atoms with Gasteiger partial charge in [0.25, 0.3) is 0 Å². The fourth-order valence-electron chi connectivity index (χ4n) is 1.77. The van der Waals surface area contributed by atoms with E-state index in [1.54, 1.807) is 0 Å². The van der Waals surface area contributed by atoms with Gasteiger partial charge in [-0.05, 0) is 19.4 Å². The van der Waals surface area contributed by atoms with Gasteiger partial charge in [0.15, 0.2) is 0 Å². The Balaban J connectivity index is 1.96. The van der Waals surface area contributed by atoms with Crippen LogP contribution in [0.1, 0.15) is 22.1 Å². The summed E-state index contributed by atoms with van der Waals surface area (Å²) in [7, 11) is 0. The van der Waals surface area contributed by atoms with Crippen molar-refractivity contribution < 1.29 is 2.74 Å². The van der Waals surface area contributed by atoms with Crippen LogP contribution in [-0.4, -0.2) is 18.0 Å². The maximum atomic E-state index is 7.44. The normalized spacial score (nSPS) is 19.7. The van der Waals surface area contributed by atoms with Gasteiger partial charge in [-0.1, -0.05) is 41.5 Å². The average molecular weight is 189 g/mol. The third kappa shape index (κ3) is 2.05. The van der Waals surface area contributed by atoms with E-state index in [1.165, 1.54) is 5.56 Å². The second-order valence-electron chi connectivity index (χ2n) is 3.84. The highest BCUT2D eigenvalue weighted by molar-refractivity contribution is 5.21. The van der Waals surface area contributed by atoms with Crippen LogP contribution in [0.25, 0.3) is 0 Å². The van der Waals surface area contributed by atoms with Crippen molar-refractivity contribution in [1.29, 1.82) is 0 Å². The van der Waals surface area contributed by atoms with Crippen molar-refractivity contribution in [3.8, 4) is 0 Å². The van der Waals surface area contributed by atoms with Crippen LogP contribution in [0.5, 0.6) is 0 Å². The van der Waals surface area contributed by atoms with Crippen LogP contribution in [0.2, 0.25) is 0 Å². The van der Waals surface area contributed by atoms with E-state index in [2.05, 4.69) is 29.2 Å². The van der Waals surface area contributed by atoms with E-state index >= 15 is 0 Å². The summed E-state index contributed by atoms with van der Waals surface area (Å²) in [4.78, 5) is 2.31. The number of hydrogen-bond donors (Lipinski definition) is 0. The minimum absolute atomic E-state index is 0.347. The number of nitrogens with zero attached hydrogens (tertiary/aromatic N) is 1. The lowest BCUT2D eigenvalue weighted by atomic mass is 10.2. The Labute approximate surface area is 88.9 Å². The van der Waals surface area contributed by atoms with Gasteiger partial charge in [0.2, 0.25) is 0 Å². The van der Waals surface area contributed by atoms with E-state index in [-0.39, 0.29) is 0 Å². The molecule has 0 bridgehead atoms. The highest BCUT2D eigenvalue weighted by Crippen LogP contribution is 2.18. The van der Waals surface area contributed by atoms with Crippen molar-refractivity contribution in [2.75, 3.05) is 13.1 Å². The van der Waals surface area contributed by atoms with E-state index in [9.17, 15) is 0 Å². The van der Waals surface area contributed by atoms with Crippen molar-refractivity contribution >= 4 is 0 Å². The molecule has 14 heavy (non-hydrogen) atoms. The molecule has 0 aromatic heterocycles. The molecular formula is C13H17N. The highest BCUT2D eigenvalue weighted by atomic mass is 15.1. The number of rotatable bonds is 2. The first-order valence-electron chi connectivity index (χ1n) is 6.29. The van der Waals surface area contributed by atoms with Gasteiger partial charge in [-0.2, -0.15) is 0 Å². The molecule has 1 heteroatoms. The number of hydrogen-bond acceptors (Lipinski definition) is 1. The molecule has 1 nitrogen and oxygen atoms in total. The van der Waals surface area contributed by atoms with Crippen LogP contribution in [0, 0.1) is 0 Å². The van der Waals surface area contributed by atoms with Crippen molar-refractivity contribution in [1.82, 2.24) is 4.90 Å². The second kappa shape index (κ2) is 3.97. The SMILES string of the molecule is [2H]CC1=C(C[2H])CN(Cc2ccccc2)C1. The fourth-order valence-corrected chi connectivity index (χ4v) is 1.77. The lowest BCUT2D eigenvalue weighted by molar-refractivity contribution is 0.337. The molecule has 1 aliphatic rings. The molecule has 0 N–H and O–H groups in total. The van der Waals surface area contributed by atoms with E-state index in [1.807, 2.05) is 6.07 Å². The third-order valence-corrected chi connectivity index (χ3v) is 2.58. The summed E-state index contributed by atoms with van der Waals surface area (Å²) in [6.45, 7) is 3.35. The molecule has 0 amide bonds. The summed E-state index contributed by atoms with van der Waals surface area (Å²) in [6, 6.07) is 10.4. The molecule has 74 valence electrons. The van der Waals surface area contributed by atoms with Crippen LogP contribution in [0.15, 0.2) is 41.5 Å². The Morgan fingerprint density at radius 3 is 2.36 bits per heavy atom. The third-order valence-electron chi connectivity index (χ3n) is 2.58. The molecule has 0 saturated heterocycles. The van der Waals surface area contributed by atoms with Gasteiger partial charge in [-0.3, -0.25) is 4.90 Å². The lowest BCUT2D eigenvalue weighted by Crippen LogP contribution is -2.20. The Bertz CT molecular complexity index is 357. The van der Waals surface area contributed by atoms with Crippen LogP contribution < -0.4 is 0 Å². The van der Waals surface area contributed by atoms with E-state index in [0.29, 0.717) is 13.8 Å². The quantitative estimate of drug-likeness (QED) is 0.647. The summed E-state index contributed by atoms with van der Waals surface area (Å²) in [5.41, 5.74) is 3.59. The molecule has 0 unspecified atom stereocenters. The van der Waals surface area contributed by atoms with Crippen molar-refractivity contribution in [3.05, 3.63) is 47.0 Å². The molecule has 1 aliphatic heterocycles. The monoisotopic (exact) mass is 189 g/mol. The van der Waals surface area contributed by atoms with Gasteiger partial charge in [-0.15, -0.1) is 0 Å². The highest BCUT2D eigenvalue weighted by Gasteiger charge is 2.15. The maximum Gasteiger partial charge on any atom is 0.0277 e. The van der Waals surface area contributed by atoms with Crippen molar-refractivity contribution in [3.63, 3.8) is 0 Å². The van der Waals surface area contributed by atoms with Gasteiger partial charge in [0.05, 0.1) is 0 Å². The summed E-state index contributed by atoms with van der Waals surface area (Å²) in [5, 5.41) is 0. The molecule has 0 radical (unpaired) electrons. The van der Waals surface area contributed by atoms with Gasteiger partial charge < -0.3 is 0 Å². The van der Waals surface area contributed by atoms with Gasteiger partial charge in [-0.25, -0.2) is 0 Å². The Morgan fingerprint density at radius 2 is 1.79 bits per heavy atom. The number of benzene rings is 1. The first kappa shape index (κ1) is 7.24. The summed E-state index contributed by atoms with van der Waals surface area (Å²) >= 11 is 0. The zero-order valence-corrected chi connectivity index (χ0v) is 8.37. The zero-order valence-electron chi connectivity index (χ0n) is 10.4. The zero-order chi connectivity index (χ0) is 11.4. The standard InChI is InChI=1S/C13H17N/c1-11-8-14(9-12(11)2)10-13-6-4-3-5-7-13/h3-7H,8-10H2,1-2H3/i1D,2D. The minimum atomic E-state index is 0.347. The van der Waals surface area contributed by atoms with Gasteiger partial charge in [0.1, 0.15) is 0 Å². The molecule has 1 heterocycles. The van der Waals surface area contributed by atoms with E-state index in [4.69, 9.17) is 2.74 Å². The summed E-state index contributed by atoms with van der Waals surface area (Å²) in [6.07, 6.45) is 0. The molecule has 0 atom stereocenters. The maximum absolute atomic E-state index is 7.44. The molecule has 0 aliphatic carbocycles. The first-order valence-corrected chi connectivity index (χ1v) is 4.88. The molecular weight excluding hydrogens is 170 g/mol. The largest absolute Gasteiger partial charge is 0.291 e. The molecule has 0 saturated carbocycles. The second-order valence-corrected chi connectivity index (χ2v) is 3.84. The Morgan fingerprint density at radius 1 is 1.14 bits per heavy atom. The predicted octanol–water partition coefficient (Wildman–Crippen LogP) is 2.84. The molecule has 1 aromatic rings. The fraction of sp³-hybridized carbons (Fsp3) is 0.385. The van der Waals surface area contributed by atoms with Gasteiger partial charge >= 0.3 is 0 Å². The predicted molar refractivity (Wildman–Crippen MR) is 60.1 cm³/mol. The van der Waals surface area contributed by atoms with Gasteiger partial charge in [0, 0.05) is 22.4 Å². The molecule has 1 aromatic carbocycles.